The van der Waals surface area contributed by atoms with Gasteiger partial charge in [-0.05, 0) is 79.6 Å². The van der Waals surface area contributed by atoms with E-state index in [1.165, 1.54) is 12.1 Å². The average Bonchev–Trinajstić information content (AvgIpc) is 3.61. The van der Waals surface area contributed by atoms with Gasteiger partial charge in [0.2, 0.25) is 5.28 Å². The number of aliphatic hydroxyl groups excluding tert-OH is 2. The van der Waals surface area contributed by atoms with Crippen molar-refractivity contribution >= 4 is 34.0 Å². The summed E-state index contributed by atoms with van der Waals surface area (Å²) in [5, 5.41) is 31.7. The quantitative estimate of drug-likeness (QED) is 0.168. The van der Waals surface area contributed by atoms with Gasteiger partial charge in [-0.3, -0.25) is 0 Å². The van der Waals surface area contributed by atoms with Crippen LogP contribution in [0.2, 0.25) is 5.28 Å². The Morgan fingerprint density at radius 3 is 2.68 bits per heavy atom. The SMILES string of the molecule is O[C@@H]1[C@H](O)C(CNCCCNCCc2ccc(F)cc2)C[C@H]1n1cc(-c2cccs2)c2cnc(Cl)nc21. The molecule has 0 aliphatic heterocycles. The zero-order valence-corrected chi connectivity index (χ0v) is 21.9. The lowest BCUT2D eigenvalue weighted by Gasteiger charge is -2.19. The number of benzene rings is 1. The Bertz CT molecular complexity index is 1300. The molecule has 1 aliphatic rings. The molecule has 4 atom stereocenters. The summed E-state index contributed by atoms with van der Waals surface area (Å²) in [5.41, 5.74) is 2.78. The van der Waals surface area contributed by atoms with E-state index in [0.29, 0.717) is 18.6 Å². The van der Waals surface area contributed by atoms with E-state index in [-0.39, 0.29) is 23.1 Å². The number of nitrogens with zero attached hydrogens (tertiary/aromatic N) is 3. The molecule has 196 valence electrons. The van der Waals surface area contributed by atoms with Crippen LogP contribution >= 0.6 is 22.9 Å². The first-order valence-corrected chi connectivity index (χ1v) is 13.9. The topological polar surface area (TPSA) is 95.2 Å². The minimum absolute atomic E-state index is 0.0774. The first-order chi connectivity index (χ1) is 18.0. The fourth-order valence-corrected chi connectivity index (χ4v) is 5.98. The smallest absolute Gasteiger partial charge is 0.224 e. The minimum Gasteiger partial charge on any atom is -0.390 e. The van der Waals surface area contributed by atoms with Crippen molar-refractivity contribution in [2.24, 2.45) is 5.92 Å². The summed E-state index contributed by atoms with van der Waals surface area (Å²) < 4.78 is 14.9. The van der Waals surface area contributed by atoms with Crippen LogP contribution in [0.3, 0.4) is 0 Å². The third-order valence-corrected chi connectivity index (χ3v) is 8.16. The van der Waals surface area contributed by atoms with E-state index in [2.05, 4.69) is 20.6 Å². The second kappa shape index (κ2) is 12.0. The molecule has 1 unspecified atom stereocenters. The fraction of sp³-hybridized carbons (Fsp3) is 0.407. The summed E-state index contributed by atoms with van der Waals surface area (Å²) in [6.07, 6.45) is 4.42. The first kappa shape index (κ1) is 26.2. The summed E-state index contributed by atoms with van der Waals surface area (Å²) in [6.45, 7) is 3.14. The van der Waals surface area contributed by atoms with E-state index in [0.717, 1.165) is 53.9 Å². The first-order valence-electron chi connectivity index (χ1n) is 12.6. The molecule has 0 saturated heterocycles. The van der Waals surface area contributed by atoms with Gasteiger partial charge < -0.3 is 25.4 Å². The summed E-state index contributed by atoms with van der Waals surface area (Å²) in [5.74, 6) is -0.288. The highest BCUT2D eigenvalue weighted by Crippen LogP contribution is 2.40. The zero-order valence-electron chi connectivity index (χ0n) is 20.4. The summed E-state index contributed by atoms with van der Waals surface area (Å²) >= 11 is 7.75. The molecule has 0 spiro atoms. The Morgan fingerprint density at radius 1 is 1.08 bits per heavy atom. The molecule has 4 N–H and O–H groups in total. The molecule has 0 radical (unpaired) electrons. The number of fused-ring (bicyclic) bond motifs is 1. The Morgan fingerprint density at radius 2 is 1.89 bits per heavy atom. The molecular formula is C27H31ClFN5O2S. The highest BCUT2D eigenvalue weighted by Gasteiger charge is 2.42. The van der Waals surface area contributed by atoms with E-state index in [1.807, 2.05) is 40.4 Å². The third-order valence-electron chi connectivity index (χ3n) is 7.07. The van der Waals surface area contributed by atoms with E-state index in [1.54, 1.807) is 17.5 Å². The largest absolute Gasteiger partial charge is 0.390 e. The van der Waals surface area contributed by atoms with Gasteiger partial charge in [-0.2, -0.15) is 4.98 Å². The van der Waals surface area contributed by atoms with Crippen molar-refractivity contribution in [3.63, 3.8) is 0 Å². The number of aromatic nitrogens is 3. The Balaban J connectivity index is 1.13. The molecular weight excluding hydrogens is 513 g/mol. The van der Waals surface area contributed by atoms with Crippen LogP contribution in [0.15, 0.2) is 54.2 Å². The lowest BCUT2D eigenvalue weighted by Crippen LogP contribution is -2.34. The van der Waals surface area contributed by atoms with Gasteiger partial charge in [-0.1, -0.05) is 18.2 Å². The second-order valence-electron chi connectivity index (χ2n) is 9.53. The summed E-state index contributed by atoms with van der Waals surface area (Å²) in [6, 6.07) is 10.3. The highest BCUT2D eigenvalue weighted by molar-refractivity contribution is 7.13. The van der Waals surface area contributed by atoms with Crippen molar-refractivity contribution in [1.29, 1.82) is 0 Å². The number of hydrogen-bond acceptors (Lipinski definition) is 7. The molecule has 7 nitrogen and oxygen atoms in total. The Hall–Kier alpha value is -2.40. The van der Waals surface area contributed by atoms with Gasteiger partial charge in [0.15, 0.2) is 0 Å². The lowest BCUT2D eigenvalue weighted by molar-refractivity contribution is 0.00695. The van der Waals surface area contributed by atoms with Gasteiger partial charge in [-0.15, -0.1) is 11.3 Å². The molecule has 1 aromatic carbocycles. The van der Waals surface area contributed by atoms with Gasteiger partial charge in [-0.25, -0.2) is 9.37 Å². The molecule has 5 rings (SSSR count). The molecule has 3 aromatic heterocycles. The van der Waals surface area contributed by atoms with E-state index < -0.39 is 12.2 Å². The van der Waals surface area contributed by atoms with Gasteiger partial charge in [0.25, 0.3) is 0 Å². The number of aliphatic hydroxyl groups is 2. The Kier molecular flexibility index (Phi) is 8.49. The van der Waals surface area contributed by atoms with Gasteiger partial charge >= 0.3 is 0 Å². The maximum Gasteiger partial charge on any atom is 0.224 e. The predicted molar refractivity (Wildman–Crippen MR) is 145 cm³/mol. The molecule has 37 heavy (non-hydrogen) atoms. The average molecular weight is 544 g/mol. The van der Waals surface area contributed by atoms with E-state index >= 15 is 0 Å². The van der Waals surface area contributed by atoms with Crippen LogP contribution in [0, 0.1) is 11.7 Å². The van der Waals surface area contributed by atoms with Crippen LogP contribution < -0.4 is 10.6 Å². The molecule has 4 aromatic rings. The second-order valence-corrected chi connectivity index (χ2v) is 10.8. The van der Waals surface area contributed by atoms with Gasteiger partial charge in [0.1, 0.15) is 17.6 Å². The minimum atomic E-state index is -0.902. The van der Waals surface area contributed by atoms with Crippen LogP contribution in [0.4, 0.5) is 4.39 Å². The van der Waals surface area contributed by atoms with Crippen LogP contribution in [-0.4, -0.2) is 63.1 Å². The van der Waals surface area contributed by atoms with Crippen molar-refractivity contribution < 1.29 is 14.6 Å². The van der Waals surface area contributed by atoms with Gasteiger partial charge in [0, 0.05) is 40.7 Å². The number of hydrogen-bond donors (Lipinski definition) is 4. The number of nitrogens with one attached hydrogen (secondary N) is 2. The van der Waals surface area contributed by atoms with E-state index in [9.17, 15) is 14.6 Å². The molecule has 1 aliphatic carbocycles. The van der Waals surface area contributed by atoms with E-state index in [4.69, 9.17) is 11.6 Å². The van der Waals surface area contributed by atoms with Crippen molar-refractivity contribution in [1.82, 2.24) is 25.2 Å². The lowest BCUT2D eigenvalue weighted by atomic mass is 10.1. The summed E-state index contributed by atoms with van der Waals surface area (Å²) in [7, 11) is 0. The third kappa shape index (κ3) is 6.03. The number of halogens is 2. The van der Waals surface area contributed by atoms with Crippen molar-refractivity contribution in [2.45, 2.75) is 37.5 Å². The maximum atomic E-state index is 13.0. The standard InChI is InChI=1S/C27H31ClFN5O2S/c28-27-32-15-20-21(23-3-1-12-37-23)16-34(26(20)33-27)22-13-18(24(35)25(22)36)14-31-10-2-9-30-11-8-17-4-6-19(29)7-5-17/h1,3-7,12,15-16,18,22,24-25,30-31,35-36H,2,8-11,13-14H2/t18?,22-,24-,25+/m1/s1. The molecule has 0 bridgehead atoms. The van der Waals surface area contributed by atoms with Crippen LogP contribution in [-0.2, 0) is 6.42 Å². The molecule has 10 heteroatoms. The number of thiophene rings is 1. The van der Waals surface area contributed by atoms with Gasteiger partial charge in [0.05, 0.1) is 12.1 Å². The molecule has 1 fully saturated rings. The molecule has 1 saturated carbocycles. The normalized spacial score (nSPS) is 21.7. The van der Waals surface area contributed by atoms with Crippen LogP contribution in [0.5, 0.6) is 0 Å². The van der Waals surface area contributed by atoms with Crippen LogP contribution in [0.25, 0.3) is 21.5 Å². The molecule has 0 amide bonds. The highest BCUT2D eigenvalue weighted by atomic mass is 35.5. The summed E-state index contributed by atoms with van der Waals surface area (Å²) in [4.78, 5) is 9.72. The fourth-order valence-electron chi connectivity index (χ4n) is 5.10. The number of rotatable bonds is 11. The monoisotopic (exact) mass is 543 g/mol. The zero-order chi connectivity index (χ0) is 25.8. The van der Waals surface area contributed by atoms with Crippen LogP contribution in [0.1, 0.15) is 24.4 Å². The van der Waals surface area contributed by atoms with Crippen molar-refractivity contribution in [2.75, 3.05) is 26.2 Å². The molecule has 3 heterocycles. The Labute approximate surface area is 224 Å². The maximum absolute atomic E-state index is 13.0. The predicted octanol–water partition coefficient (Wildman–Crippen LogP) is 4.05. The van der Waals surface area contributed by atoms with Crippen molar-refractivity contribution in [3.8, 4) is 10.4 Å². The van der Waals surface area contributed by atoms with Crippen molar-refractivity contribution in [3.05, 3.63) is 70.8 Å².